The van der Waals surface area contributed by atoms with Crippen LogP contribution in [0, 0.1) is 23.2 Å². The number of nitrogens with zero attached hydrogens (tertiary/aromatic N) is 2. The number of alkyl carbamates (subject to hydrolysis) is 1. The van der Waals surface area contributed by atoms with Crippen LogP contribution in [-0.4, -0.2) is 52.2 Å². The van der Waals surface area contributed by atoms with Gasteiger partial charge in [0.2, 0.25) is 0 Å². The Balaban J connectivity index is 1.50. The lowest BCUT2D eigenvalue weighted by atomic mass is 9.48. The van der Waals surface area contributed by atoms with Gasteiger partial charge in [0, 0.05) is 18.8 Å². The van der Waals surface area contributed by atoms with Gasteiger partial charge >= 0.3 is 6.09 Å². The highest BCUT2D eigenvalue weighted by molar-refractivity contribution is 5.95. The maximum atomic E-state index is 13.4. The monoisotopic (exact) mass is 458 g/mol. The number of carbonyl (C=O) groups is 2. The first-order chi connectivity index (χ1) is 15.6. The van der Waals surface area contributed by atoms with Crippen molar-refractivity contribution in [2.45, 2.75) is 77.3 Å². The van der Waals surface area contributed by atoms with Crippen LogP contribution in [0.15, 0.2) is 12.3 Å². The maximum Gasteiger partial charge on any atom is 0.407 e. The molecule has 1 heterocycles. The molecule has 5 rings (SSSR count). The number of aliphatic hydroxyl groups excluding tert-OH is 1. The normalized spacial score (nSPS) is 30.8. The van der Waals surface area contributed by atoms with Gasteiger partial charge in [-0.05, 0) is 81.1 Å². The molecule has 2 atom stereocenters. The molecule has 4 aliphatic rings. The van der Waals surface area contributed by atoms with E-state index in [0.717, 1.165) is 37.8 Å². The molecule has 1 aromatic heterocycles. The lowest BCUT2D eigenvalue weighted by molar-refractivity contribution is -0.0969. The van der Waals surface area contributed by atoms with E-state index in [-0.39, 0.29) is 29.9 Å². The molecule has 8 heteroatoms. The molecule has 33 heavy (non-hydrogen) atoms. The lowest BCUT2D eigenvalue weighted by Gasteiger charge is -2.59. The number of ether oxygens (including phenoxy) is 1. The van der Waals surface area contributed by atoms with Gasteiger partial charge in [-0.25, -0.2) is 9.48 Å². The Morgan fingerprint density at radius 3 is 2.55 bits per heavy atom. The van der Waals surface area contributed by atoms with Gasteiger partial charge in [-0.1, -0.05) is 13.8 Å². The third-order valence-corrected chi connectivity index (χ3v) is 7.90. The molecule has 0 aliphatic heterocycles. The summed E-state index contributed by atoms with van der Waals surface area (Å²) in [5, 5.41) is 20.6. The zero-order valence-electron chi connectivity index (χ0n) is 20.4. The first-order valence-corrected chi connectivity index (χ1v) is 12.1. The number of rotatable bonds is 7. The van der Waals surface area contributed by atoms with Crippen molar-refractivity contribution in [3.05, 3.63) is 23.5 Å². The summed E-state index contributed by atoms with van der Waals surface area (Å²) in [6, 6.07) is 0.177. The van der Waals surface area contributed by atoms with Crippen LogP contribution in [0.2, 0.25) is 0 Å². The molecule has 0 saturated heterocycles. The number of aromatic nitrogens is 2. The Kier molecular flexibility index (Phi) is 6.33. The molecule has 3 N–H and O–H groups in total. The van der Waals surface area contributed by atoms with Gasteiger partial charge < -0.3 is 20.5 Å². The molecular weight excluding hydrogens is 420 g/mol. The van der Waals surface area contributed by atoms with Crippen LogP contribution >= 0.6 is 0 Å². The zero-order valence-corrected chi connectivity index (χ0v) is 20.4. The predicted molar refractivity (Wildman–Crippen MR) is 126 cm³/mol. The summed E-state index contributed by atoms with van der Waals surface area (Å²) >= 11 is 0. The van der Waals surface area contributed by atoms with Gasteiger partial charge in [-0.3, -0.25) is 4.79 Å². The van der Waals surface area contributed by atoms with E-state index in [0.29, 0.717) is 23.3 Å². The molecule has 4 bridgehead atoms. The highest BCUT2D eigenvalue weighted by Crippen LogP contribution is 2.59. The van der Waals surface area contributed by atoms with Crippen LogP contribution in [0.4, 0.5) is 4.79 Å². The summed E-state index contributed by atoms with van der Waals surface area (Å²) in [6.07, 6.45) is 10.2. The van der Waals surface area contributed by atoms with Crippen molar-refractivity contribution < 1.29 is 19.4 Å². The smallest absolute Gasteiger partial charge is 0.407 e. The lowest BCUT2D eigenvalue weighted by Crippen LogP contribution is -2.60. The summed E-state index contributed by atoms with van der Waals surface area (Å²) in [4.78, 5) is 25.0. The molecular formula is C25H38N4O4. The molecule has 4 fully saturated rings. The minimum Gasteiger partial charge on any atom is -0.453 e. The van der Waals surface area contributed by atoms with E-state index in [1.165, 1.54) is 7.11 Å². The van der Waals surface area contributed by atoms with Crippen molar-refractivity contribution in [2.24, 2.45) is 23.2 Å². The van der Waals surface area contributed by atoms with E-state index in [2.05, 4.69) is 20.5 Å². The average Bonchev–Trinajstić information content (AvgIpc) is 3.18. The zero-order chi connectivity index (χ0) is 24.0. The molecule has 182 valence electrons. The molecule has 2 amide bonds. The second-order valence-corrected chi connectivity index (χ2v) is 11.3. The topological polar surface area (TPSA) is 105 Å². The third-order valence-electron chi connectivity index (χ3n) is 7.90. The van der Waals surface area contributed by atoms with Crippen LogP contribution in [-0.2, 0) is 4.74 Å². The van der Waals surface area contributed by atoms with Gasteiger partial charge in [-0.2, -0.15) is 5.10 Å². The Labute approximate surface area is 196 Å². The number of nitrogens with one attached hydrogen (secondary N) is 2. The minimum absolute atomic E-state index is 0.0687. The van der Waals surface area contributed by atoms with E-state index in [9.17, 15) is 14.7 Å². The molecule has 4 aliphatic carbocycles. The Morgan fingerprint density at radius 1 is 1.30 bits per heavy atom. The molecule has 4 saturated carbocycles. The van der Waals surface area contributed by atoms with E-state index in [1.807, 2.05) is 33.8 Å². The largest absolute Gasteiger partial charge is 0.453 e. The molecule has 8 nitrogen and oxygen atoms in total. The number of methoxy groups -OCH3 is 1. The number of hydrogen-bond acceptors (Lipinski definition) is 5. The van der Waals surface area contributed by atoms with Crippen molar-refractivity contribution in [2.75, 3.05) is 13.7 Å². The van der Waals surface area contributed by atoms with Crippen molar-refractivity contribution in [1.29, 1.82) is 0 Å². The molecule has 1 aromatic rings. The maximum absolute atomic E-state index is 13.4. The van der Waals surface area contributed by atoms with Crippen LogP contribution in [0.1, 0.15) is 81.8 Å². The van der Waals surface area contributed by atoms with Gasteiger partial charge in [0.25, 0.3) is 5.91 Å². The highest BCUT2D eigenvalue weighted by Gasteiger charge is 2.55. The van der Waals surface area contributed by atoms with Crippen molar-refractivity contribution >= 4 is 18.2 Å². The first-order valence-electron chi connectivity index (χ1n) is 12.1. The predicted octanol–water partition coefficient (Wildman–Crippen LogP) is 3.53. The molecule has 0 spiro atoms. The standard InChI is InChI=1S/C25H38N4O4/c1-15(2)21-19(13-26-29(21)7-6-24(3,4)28-23(32)33-5)22(31)27-20-17-8-16-9-18(20)12-25(10-16,11-17)14-30/h6-7,13,15-18,20,30H,8-12,14H2,1-5H3,(H,27,31)(H,28,32)/b7-6+. The third kappa shape index (κ3) is 4.67. The number of amides is 2. The van der Waals surface area contributed by atoms with Crippen molar-refractivity contribution in [3.63, 3.8) is 0 Å². The van der Waals surface area contributed by atoms with Crippen molar-refractivity contribution in [3.8, 4) is 0 Å². The Morgan fingerprint density at radius 2 is 1.97 bits per heavy atom. The molecule has 0 aromatic carbocycles. The summed E-state index contributed by atoms with van der Waals surface area (Å²) in [7, 11) is 1.33. The highest BCUT2D eigenvalue weighted by atomic mass is 16.5. The van der Waals surface area contributed by atoms with Gasteiger partial charge in [0.15, 0.2) is 0 Å². The fourth-order valence-corrected chi connectivity index (χ4v) is 6.70. The van der Waals surface area contributed by atoms with E-state index >= 15 is 0 Å². The second kappa shape index (κ2) is 8.78. The second-order valence-electron chi connectivity index (χ2n) is 11.3. The summed E-state index contributed by atoms with van der Waals surface area (Å²) in [5.41, 5.74) is 0.882. The van der Waals surface area contributed by atoms with E-state index in [1.54, 1.807) is 17.1 Å². The minimum atomic E-state index is -0.640. The van der Waals surface area contributed by atoms with Gasteiger partial charge in [0.05, 0.1) is 30.1 Å². The molecule has 2 unspecified atom stereocenters. The van der Waals surface area contributed by atoms with Crippen molar-refractivity contribution in [1.82, 2.24) is 20.4 Å². The number of carbonyl (C=O) groups excluding carboxylic acids is 2. The first kappa shape index (κ1) is 23.8. The van der Waals surface area contributed by atoms with Crippen LogP contribution in [0.25, 0.3) is 6.20 Å². The fraction of sp³-hybridized carbons (Fsp3) is 0.720. The van der Waals surface area contributed by atoms with Crippen LogP contribution in [0.5, 0.6) is 0 Å². The number of hydrogen-bond donors (Lipinski definition) is 3. The van der Waals surface area contributed by atoms with Gasteiger partial charge in [0.1, 0.15) is 0 Å². The fourth-order valence-electron chi connectivity index (χ4n) is 6.70. The van der Waals surface area contributed by atoms with E-state index < -0.39 is 11.6 Å². The Bertz CT molecular complexity index is 919. The summed E-state index contributed by atoms with van der Waals surface area (Å²) < 4.78 is 6.41. The Hall–Kier alpha value is -2.35. The quantitative estimate of drug-likeness (QED) is 0.580. The van der Waals surface area contributed by atoms with Crippen LogP contribution < -0.4 is 10.6 Å². The molecule has 0 radical (unpaired) electrons. The summed E-state index contributed by atoms with van der Waals surface area (Å²) in [6.45, 7) is 8.08. The number of aliphatic hydroxyl groups is 1. The SMILES string of the molecule is COC(=O)NC(C)(C)/C=C/n1ncc(C(=O)NC2C3CC4CC2CC(CO)(C4)C3)c1C(C)C. The van der Waals surface area contributed by atoms with E-state index in [4.69, 9.17) is 0 Å². The van der Waals surface area contributed by atoms with Gasteiger partial charge in [-0.15, -0.1) is 0 Å². The summed E-state index contributed by atoms with van der Waals surface area (Å²) in [5.74, 6) is 1.63. The van der Waals surface area contributed by atoms with Crippen LogP contribution in [0.3, 0.4) is 0 Å². The average molecular weight is 459 g/mol.